The number of nitrogens with zero attached hydrogens (tertiary/aromatic N) is 1. The number of hydrogen-bond acceptors (Lipinski definition) is 5. The number of amides is 1. The van der Waals surface area contributed by atoms with E-state index in [9.17, 15) is 4.79 Å². The molecule has 6 nitrogen and oxygen atoms in total. The molecular formula is C20H27N3O3. The van der Waals surface area contributed by atoms with Crippen LogP contribution in [0.4, 0.5) is 0 Å². The third-order valence-electron chi connectivity index (χ3n) is 4.39. The van der Waals surface area contributed by atoms with Gasteiger partial charge in [-0.25, -0.2) is 0 Å². The lowest BCUT2D eigenvalue weighted by atomic mass is 10.0. The molecule has 2 aromatic rings. The predicted molar refractivity (Wildman–Crippen MR) is 101 cm³/mol. The molecule has 1 aromatic heterocycles. The maximum Gasteiger partial charge on any atom is 0.224 e. The number of nitrogens with one attached hydrogen (secondary N) is 1. The van der Waals surface area contributed by atoms with Gasteiger partial charge in [0.1, 0.15) is 6.61 Å². The summed E-state index contributed by atoms with van der Waals surface area (Å²) in [6, 6.07) is 9.10. The normalized spacial score (nSPS) is 14.2. The Morgan fingerprint density at radius 1 is 1.15 bits per heavy atom. The summed E-state index contributed by atoms with van der Waals surface area (Å²) in [7, 11) is 1.60. The molecule has 0 aliphatic heterocycles. The van der Waals surface area contributed by atoms with Crippen LogP contribution in [-0.4, -0.2) is 24.0 Å². The molecule has 0 aliphatic rings. The van der Waals surface area contributed by atoms with Crippen molar-refractivity contribution >= 4 is 5.91 Å². The zero-order valence-electron chi connectivity index (χ0n) is 15.7. The van der Waals surface area contributed by atoms with Crippen molar-refractivity contribution in [2.45, 2.75) is 39.5 Å². The highest BCUT2D eigenvalue weighted by Gasteiger charge is 2.20. The second-order valence-corrected chi connectivity index (χ2v) is 6.43. The maximum absolute atomic E-state index is 12.2. The van der Waals surface area contributed by atoms with E-state index >= 15 is 0 Å². The summed E-state index contributed by atoms with van der Waals surface area (Å²) < 4.78 is 11.3. The first-order valence-electron chi connectivity index (χ1n) is 8.68. The van der Waals surface area contributed by atoms with Crippen LogP contribution in [0.2, 0.25) is 0 Å². The molecule has 140 valence electrons. The Morgan fingerprint density at radius 3 is 2.46 bits per heavy atom. The van der Waals surface area contributed by atoms with Crippen molar-refractivity contribution in [1.82, 2.24) is 10.3 Å². The summed E-state index contributed by atoms with van der Waals surface area (Å²) in [6.07, 6.45) is 3.46. The van der Waals surface area contributed by atoms with Crippen LogP contribution in [0.5, 0.6) is 11.5 Å². The van der Waals surface area contributed by atoms with E-state index in [0.29, 0.717) is 18.1 Å². The summed E-state index contributed by atoms with van der Waals surface area (Å²) in [5.74, 6) is 0.959. The van der Waals surface area contributed by atoms with Gasteiger partial charge >= 0.3 is 0 Å². The molecule has 3 unspecified atom stereocenters. The molecule has 1 amide bonds. The van der Waals surface area contributed by atoms with Gasteiger partial charge in [-0.05, 0) is 49.2 Å². The molecule has 26 heavy (non-hydrogen) atoms. The Balaban J connectivity index is 2.06. The van der Waals surface area contributed by atoms with E-state index in [4.69, 9.17) is 15.2 Å². The van der Waals surface area contributed by atoms with Crippen molar-refractivity contribution in [2.24, 2.45) is 11.7 Å². The first-order valence-corrected chi connectivity index (χ1v) is 8.68. The molecule has 2 rings (SSSR count). The maximum atomic E-state index is 12.2. The van der Waals surface area contributed by atoms with Crippen LogP contribution in [0.1, 0.15) is 37.9 Å². The van der Waals surface area contributed by atoms with Crippen LogP contribution in [0, 0.1) is 5.92 Å². The zero-order valence-corrected chi connectivity index (χ0v) is 15.7. The monoisotopic (exact) mass is 357 g/mol. The molecule has 0 fully saturated rings. The molecule has 3 N–H and O–H groups in total. The number of aromatic nitrogens is 1. The molecule has 0 saturated heterocycles. The minimum atomic E-state index is -0.248. The van der Waals surface area contributed by atoms with Crippen molar-refractivity contribution < 1.29 is 14.3 Å². The number of benzene rings is 1. The number of carbonyl (C=O) groups is 1. The summed E-state index contributed by atoms with van der Waals surface area (Å²) in [5.41, 5.74) is 7.76. The molecule has 0 radical (unpaired) electrons. The van der Waals surface area contributed by atoms with Gasteiger partial charge in [0.05, 0.1) is 13.2 Å². The number of carbonyl (C=O) groups excluding carboxylic acids is 1. The number of rotatable bonds is 8. The molecule has 0 spiro atoms. The molecule has 6 heteroatoms. The van der Waals surface area contributed by atoms with Crippen molar-refractivity contribution in [3.63, 3.8) is 0 Å². The number of hydrogen-bond donors (Lipinski definition) is 2. The molecule has 0 bridgehead atoms. The smallest absolute Gasteiger partial charge is 0.224 e. The Labute approximate surface area is 154 Å². The number of ether oxygens (including phenoxy) is 2. The molecule has 1 aromatic carbocycles. The highest BCUT2D eigenvalue weighted by atomic mass is 16.5. The van der Waals surface area contributed by atoms with E-state index in [1.807, 2.05) is 51.1 Å². The van der Waals surface area contributed by atoms with E-state index in [1.54, 1.807) is 19.5 Å². The third-order valence-corrected chi connectivity index (χ3v) is 4.39. The van der Waals surface area contributed by atoms with Gasteiger partial charge in [0.25, 0.3) is 0 Å². The Bertz CT molecular complexity index is 719. The quantitative estimate of drug-likeness (QED) is 0.759. The van der Waals surface area contributed by atoms with Crippen LogP contribution < -0.4 is 20.5 Å². The number of nitrogens with two attached hydrogens (primary N) is 1. The lowest BCUT2D eigenvalue weighted by Gasteiger charge is -2.21. The van der Waals surface area contributed by atoms with Crippen LogP contribution >= 0.6 is 0 Å². The van der Waals surface area contributed by atoms with E-state index < -0.39 is 0 Å². The van der Waals surface area contributed by atoms with Crippen molar-refractivity contribution in [1.29, 1.82) is 0 Å². The predicted octanol–water partition coefficient (Wildman–Crippen LogP) is 2.83. The lowest BCUT2D eigenvalue weighted by molar-refractivity contribution is -0.125. The molecule has 3 atom stereocenters. The van der Waals surface area contributed by atoms with E-state index in [-0.39, 0.29) is 23.9 Å². The second kappa shape index (κ2) is 9.20. The zero-order chi connectivity index (χ0) is 19.1. The van der Waals surface area contributed by atoms with E-state index in [0.717, 1.165) is 11.1 Å². The van der Waals surface area contributed by atoms with Gasteiger partial charge in [-0.15, -0.1) is 0 Å². The second-order valence-electron chi connectivity index (χ2n) is 6.43. The summed E-state index contributed by atoms with van der Waals surface area (Å²) in [6.45, 7) is 6.00. The van der Waals surface area contributed by atoms with Crippen molar-refractivity contribution in [3.05, 3.63) is 53.9 Å². The summed E-state index contributed by atoms with van der Waals surface area (Å²) in [5, 5.41) is 2.98. The Kier molecular flexibility index (Phi) is 6.97. The van der Waals surface area contributed by atoms with E-state index in [1.165, 1.54) is 0 Å². The van der Waals surface area contributed by atoms with E-state index in [2.05, 4.69) is 10.3 Å². The SMILES string of the molecule is COc1cc(C(C)NC(=O)C(C)C(C)N)ccc1OCc1ccncc1. The van der Waals surface area contributed by atoms with Gasteiger partial charge in [-0.1, -0.05) is 13.0 Å². The van der Waals surface area contributed by atoms with Crippen LogP contribution in [0.25, 0.3) is 0 Å². The van der Waals surface area contributed by atoms with Gasteiger partial charge in [0, 0.05) is 24.4 Å². The first kappa shape index (κ1) is 19.7. The van der Waals surface area contributed by atoms with Crippen LogP contribution in [-0.2, 0) is 11.4 Å². The first-order chi connectivity index (χ1) is 12.4. The van der Waals surface area contributed by atoms with Crippen LogP contribution in [0.15, 0.2) is 42.7 Å². The van der Waals surface area contributed by atoms with Gasteiger partial charge < -0.3 is 20.5 Å². The average Bonchev–Trinajstić information content (AvgIpc) is 2.66. The van der Waals surface area contributed by atoms with Crippen molar-refractivity contribution in [3.8, 4) is 11.5 Å². The fraction of sp³-hybridized carbons (Fsp3) is 0.400. The van der Waals surface area contributed by atoms with Gasteiger partial charge in [0.2, 0.25) is 5.91 Å². The summed E-state index contributed by atoms with van der Waals surface area (Å²) >= 11 is 0. The van der Waals surface area contributed by atoms with Gasteiger partial charge in [-0.3, -0.25) is 9.78 Å². The minimum Gasteiger partial charge on any atom is -0.493 e. The molecule has 0 aliphatic carbocycles. The minimum absolute atomic E-state index is 0.0653. The van der Waals surface area contributed by atoms with Gasteiger partial charge in [0.15, 0.2) is 11.5 Å². The van der Waals surface area contributed by atoms with Crippen molar-refractivity contribution in [2.75, 3.05) is 7.11 Å². The average molecular weight is 357 g/mol. The standard InChI is InChI=1S/C20H27N3O3/c1-13(14(2)21)20(24)23-15(3)17-5-6-18(19(11-17)25-4)26-12-16-7-9-22-10-8-16/h5-11,13-15H,12,21H2,1-4H3,(H,23,24). The third kappa shape index (κ3) is 5.20. The molecule has 0 saturated carbocycles. The van der Waals surface area contributed by atoms with Crippen LogP contribution in [0.3, 0.4) is 0 Å². The number of pyridine rings is 1. The fourth-order valence-electron chi connectivity index (χ4n) is 2.38. The Hall–Kier alpha value is -2.60. The topological polar surface area (TPSA) is 86.5 Å². The molecular weight excluding hydrogens is 330 g/mol. The van der Waals surface area contributed by atoms with Gasteiger partial charge in [-0.2, -0.15) is 0 Å². The number of methoxy groups -OCH3 is 1. The fourth-order valence-corrected chi connectivity index (χ4v) is 2.38. The lowest BCUT2D eigenvalue weighted by Crippen LogP contribution is -2.39. The Morgan fingerprint density at radius 2 is 1.85 bits per heavy atom. The largest absolute Gasteiger partial charge is 0.493 e. The highest BCUT2D eigenvalue weighted by molar-refractivity contribution is 5.79. The summed E-state index contributed by atoms with van der Waals surface area (Å²) in [4.78, 5) is 16.2. The molecule has 1 heterocycles. The highest BCUT2D eigenvalue weighted by Crippen LogP contribution is 2.31.